The van der Waals surface area contributed by atoms with Crippen molar-refractivity contribution in [2.45, 2.75) is 20.3 Å². The summed E-state index contributed by atoms with van der Waals surface area (Å²) < 4.78 is 7.10. The van der Waals surface area contributed by atoms with Gasteiger partial charge in [-0.05, 0) is 24.5 Å². The Bertz CT molecular complexity index is 778. The number of benzene rings is 1. The molecule has 0 unspecified atom stereocenters. The van der Waals surface area contributed by atoms with Crippen LogP contribution in [0.4, 0.5) is 5.69 Å². The normalized spacial score (nSPS) is 11.6. The van der Waals surface area contributed by atoms with Crippen LogP contribution in [0.2, 0.25) is 0 Å². The minimum atomic E-state index is 0.540. The van der Waals surface area contributed by atoms with Crippen LogP contribution in [0.3, 0.4) is 0 Å². The highest BCUT2D eigenvalue weighted by Crippen LogP contribution is 2.29. The molecule has 104 valence electrons. The van der Waals surface area contributed by atoms with Crippen LogP contribution < -0.4 is 10.5 Å². The van der Waals surface area contributed by atoms with E-state index in [2.05, 4.69) is 29.1 Å². The number of nitrogens with two attached hydrogens (primary N) is 1. The molecule has 0 saturated heterocycles. The van der Waals surface area contributed by atoms with E-state index in [1.165, 1.54) is 0 Å². The Morgan fingerprint density at radius 2 is 2.10 bits per heavy atom. The maximum absolute atomic E-state index is 5.89. The molecule has 0 amide bonds. The molecule has 2 heterocycles. The first-order valence-corrected chi connectivity index (χ1v) is 6.57. The smallest absolute Gasteiger partial charge is 0.178 e. The van der Waals surface area contributed by atoms with Crippen LogP contribution in [0.15, 0.2) is 18.2 Å². The Hall–Kier alpha value is -2.37. The fraction of sp³-hybridized carbons (Fsp3) is 0.357. The van der Waals surface area contributed by atoms with E-state index in [1.807, 2.05) is 12.1 Å². The number of rotatable bonds is 3. The summed E-state index contributed by atoms with van der Waals surface area (Å²) in [6.45, 7) is 4.33. The van der Waals surface area contributed by atoms with Gasteiger partial charge in [0.2, 0.25) is 0 Å². The molecule has 0 spiro atoms. The van der Waals surface area contributed by atoms with Crippen LogP contribution in [0.1, 0.15) is 19.5 Å². The Labute approximate surface area is 116 Å². The first kappa shape index (κ1) is 12.7. The molecule has 0 aliphatic heterocycles. The molecule has 0 aliphatic rings. The molecule has 6 nitrogen and oxygen atoms in total. The summed E-state index contributed by atoms with van der Waals surface area (Å²) in [6.07, 6.45) is 0.914. The van der Waals surface area contributed by atoms with E-state index in [-0.39, 0.29) is 0 Å². The molecule has 1 aromatic carbocycles. The summed E-state index contributed by atoms with van der Waals surface area (Å²) in [4.78, 5) is 0. The van der Waals surface area contributed by atoms with Crippen LogP contribution in [-0.2, 0) is 6.42 Å². The van der Waals surface area contributed by atoms with Crippen molar-refractivity contribution in [3.05, 3.63) is 23.9 Å². The highest BCUT2D eigenvalue weighted by atomic mass is 16.5. The maximum Gasteiger partial charge on any atom is 0.178 e. The van der Waals surface area contributed by atoms with Crippen molar-refractivity contribution < 1.29 is 4.74 Å². The number of nitrogens with zero attached hydrogens (tertiary/aromatic N) is 4. The average Bonchev–Trinajstić information content (AvgIpc) is 2.79. The van der Waals surface area contributed by atoms with Gasteiger partial charge >= 0.3 is 0 Å². The van der Waals surface area contributed by atoms with Gasteiger partial charge in [-0.3, -0.25) is 0 Å². The van der Waals surface area contributed by atoms with E-state index < -0.39 is 0 Å². The van der Waals surface area contributed by atoms with E-state index in [4.69, 9.17) is 10.5 Å². The zero-order valence-corrected chi connectivity index (χ0v) is 11.8. The molecule has 0 aliphatic carbocycles. The molecule has 2 aromatic heterocycles. The Morgan fingerprint density at radius 3 is 2.80 bits per heavy atom. The summed E-state index contributed by atoms with van der Waals surface area (Å²) in [5.41, 5.74) is 9.65. The quantitative estimate of drug-likeness (QED) is 0.738. The number of ether oxygens (including phenoxy) is 1. The second kappa shape index (κ2) is 4.63. The number of anilines is 1. The second-order valence-corrected chi connectivity index (χ2v) is 5.26. The van der Waals surface area contributed by atoms with Gasteiger partial charge in [0, 0.05) is 6.07 Å². The number of hydrogen-bond donors (Lipinski definition) is 1. The minimum Gasteiger partial charge on any atom is -0.492 e. The van der Waals surface area contributed by atoms with Crippen molar-refractivity contribution >= 4 is 22.4 Å². The number of aromatic nitrogens is 4. The second-order valence-electron chi connectivity index (χ2n) is 5.26. The lowest BCUT2D eigenvalue weighted by atomic mass is 10.1. The third kappa shape index (κ3) is 1.93. The summed E-state index contributed by atoms with van der Waals surface area (Å²) in [5.74, 6) is 1.09. The van der Waals surface area contributed by atoms with Crippen LogP contribution in [0, 0.1) is 5.92 Å². The highest BCUT2D eigenvalue weighted by Gasteiger charge is 2.13. The molecule has 2 N–H and O–H groups in total. The van der Waals surface area contributed by atoms with E-state index in [9.17, 15) is 0 Å². The summed E-state index contributed by atoms with van der Waals surface area (Å²) in [6, 6.07) is 5.66. The predicted molar refractivity (Wildman–Crippen MR) is 77.8 cm³/mol. The third-order valence-corrected chi connectivity index (χ3v) is 3.18. The molecule has 0 radical (unpaired) electrons. The van der Waals surface area contributed by atoms with Crippen molar-refractivity contribution in [3.63, 3.8) is 0 Å². The molecule has 3 rings (SSSR count). The Kier molecular flexibility index (Phi) is 2.93. The fourth-order valence-corrected chi connectivity index (χ4v) is 2.34. The molecule has 20 heavy (non-hydrogen) atoms. The van der Waals surface area contributed by atoms with Gasteiger partial charge < -0.3 is 10.5 Å². The van der Waals surface area contributed by atoms with Crippen LogP contribution in [-0.4, -0.2) is 26.9 Å². The first-order chi connectivity index (χ1) is 9.60. The van der Waals surface area contributed by atoms with Crippen molar-refractivity contribution in [1.82, 2.24) is 19.8 Å². The number of hydrogen-bond acceptors (Lipinski definition) is 5. The van der Waals surface area contributed by atoms with Gasteiger partial charge in [0.25, 0.3) is 0 Å². The van der Waals surface area contributed by atoms with Crippen molar-refractivity contribution in [1.29, 1.82) is 0 Å². The van der Waals surface area contributed by atoms with Crippen LogP contribution in [0.25, 0.3) is 16.7 Å². The zero-order chi connectivity index (χ0) is 14.3. The van der Waals surface area contributed by atoms with Crippen LogP contribution >= 0.6 is 0 Å². The summed E-state index contributed by atoms with van der Waals surface area (Å²) >= 11 is 0. The van der Waals surface area contributed by atoms with Gasteiger partial charge in [-0.25, -0.2) is 4.52 Å². The molecule has 6 heteroatoms. The Balaban J connectivity index is 2.27. The number of nitrogen functional groups attached to an aromatic ring is 1. The molecule has 0 saturated carbocycles. The third-order valence-electron chi connectivity index (χ3n) is 3.18. The molecule has 0 bridgehead atoms. The van der Waals surface area contributed by atoms with E-state index in [1.54, 1.807) is 17.7 Å². The SMILES string of the molecule is COc1c(N)ccc2c1nnc1cc(CC(C)C)nn12. The van der Waals surface area contributed by atoms with Gasteiger partial charge in [-0.1, -0.05) is 13.8 Å². The monoisotopic (exact) mass is 271 g/mol. The minimum absolute atomic E-state index is 0.540. The van der Waals surface area contributed by atoms with E-state index >= 15 is 0 Å². The van der Waals surface area contributed by atoms with Gasteiger partial charge in [-0.2, -0.15) is 5.10 Å². The summed E-state index contributed by atoms with van der Waals surface area (Å²) in [5, 5.41) is 13.0. The first-order valence-electron chi connectivity index (χ1n) is 6.57. The molecular formula is C14H17N5O. The molecular weight excluding hydrogens is 254 g/mol. The van der Waals surface area contributed by atoms with Crippen LogP contribution in [0.5, 0.6) is 5.75 Å². The standard InChI is InChI=1S/C14H17N5O/c1-8(2)6-9-7-12-16-17-13-11(19(12)18-9)5-4-10(15)14(13)20-3/h4-5,7-8H,6,15H2,1-3H3. The Morgan fingerprint density at radius 1 is 1.30 bits per heavy atom. The topological polar surface area (TPSA) is 78.3 Å². The van der Waals surface area contributed by atoms with E-state index in [0.29, 0.717) is 22.9 Å². The fourth-order valence-electron chi connectivity index (χ4n) is 2.34. The lowest BCUT2D eigenvalue weighted by Crippen LogP contribution is -2.01. The lowest BCUT2D eigenvalue weighted by molar-refractivity contribution is 0.420. The molecule has 0 atom stereocenters. The molecule has 0 fully saturated rings. The lowest BCUT2D eigenvalue weighted by Gasteiger charge is -2.07. The van der Waals surface area contributed by atoms with Gasteiger partial charge in [0.1, 0.15) is 0 Å². The van der Waals surface area contributed by atoms with E-state index in [0.717, 1.165) is 23.3 Å². The average molecular weight is 271 g/mol. The van der Waals surface area contributed by atoms with Crippen molar-refractivity contribution in [2.75, 3.05) is 12.8 Å². The van der Waals surface area contributed by atoms with Crippen molar-refractivity contribution in [3.8, 4) is 5.75 Å². The number of methoxy groups -OCH3 is 1. The van der Waals surface area contributed by atoms with Crippen molar-refractivity contribution in [2.24, 2.45) is 5.92 Å². The molecule has 3 aromatic rings. The maximum atomic E-state index is 5.89. The predicted octanol–water partition coefficient (Wildman–Crippen LogP) is 2.07. The largest absolute Gasteiger partial charge is 0.492 e. The van der Waals surface area contributed by atoms with Gasteiger partial charge in [0.15, 0.2) is 16.9 Å². The summed E-state index contributed by atoms with van der Waals surface area (Å²) in [7, 11) is 1.57. The zero-order valence-electron chi connectivity index (χ0n) is 11.8. The van der Waals surface area contributed by atoms with Gasteiger partial charge in [0.05, 0.1) is 24.0 Å². The number of fused-ring (bicyclic) bond motifs is 3. The van der Waals surface area contributed by atoms with Gasteiger partial charge in [-0.15, -0.1) is 10.2 Å². The highest BCUT2D eigenvalue weighted by molar-refractivity contribution is 5.87.